The third-order valence-corrected chi connectivity index (χ3v) is 3.45. The Balaban J connectivity index is 2.16. The van der Waals surface area contributed by atoms with Crippen LogP contribution >= 0.6 is 23.2 Å². The first-order valence-corrected chi connectivity index (χ1v) is 6.73. The Bertz CT molecular complexity index is 560. The minimum atomic E-state index is -0.0969. The van der Waals surface area contributed by atoms with Crippen LogP contribution in [0.25, 0.3) is 0 Å². The minimum Gasteiger partial charge on any atom is -0.505 e. The fourth-order valence-electron chi connectivity index (χ4n) is 1.76. The summed E-state index contributed by atoms with van der Waals surface area (Å²) in [6, 6.07) is 3.35. The number of anilines is 1. The molecule has 0 aliphatic heterocycles. The maximum atomic E-state index is 9.51. The number of aryl methyl sites for hydroxylation is 1. The van der Waals surface area contributed by atoms with Crippen molar-refractivity contribution in [1.82, 2.24) is 9.78 Å². The van der Waals surface area contributed by atoms with Gasteiger partial charge in [0.2, 0.25) is 0 Å². The molecular weight excluding hydrogens is 285 g/mol. The summed E-state index contributed by atoms with van der Waals surface area (Å²) in [6.07, 6.45) is 3.81. The monoisotopic (exact) mass is 299 g/mol. The molecule has 0 radical (unpaired) electrons. The van der Waals surface area contributed by atoms with E-state index in [1.807, 2.05) is 30.9 Å². The fraction of sp³-hybridized carbons (Fsp3) is 0.308. The first-order chi connectivity index (χ1) is 9.01. The number of hydrogen-bond donors (Lipinski definition) is 2. The number of benzene rings is 1. The van der Waals surface area contributed by atoms with E-state index in [4.69, 9.17) is 23.2 Å². The number of phenols is 1. The third-order valence-electron chi connectivity index (χ3n) is 2.88. The Labute approximate surface area is 122 Å². The third kappa shape index (κ3) is 3.14. The van der Waals surface area contributed by atoms with Gasteiger partial charge >= 0.3 is 0 Å². The van der Waals surface area contributed by atoms with Crippen molar-refractivity contribution >= 4 is 28.9 Å². The van der Waals surface area contributed by atoms with Crippen molar-refractivity contribution in [1.29, 1.82) is 0 Å². The zero-order valence-electron chi connectivity index (χ0n) is 10.7. The number of rotatable bonds is 4. The van der Waals surface area contributed by atoms with E-state index < -0.39 is 0 Å². The summed E-state index contributed by atoms with van der Waals surface area (Å²) < 4.78 is 1.87. The molecule has 1 unspecified atom stereocenters. The molecule has 6 heteroatoms. The zero-order chi connectivity index (χ0) is 14.0. The van der Waals surface area contributed by atoms with Crippen LogP contribution in [0, 0.1) is 0 Å². The second-order valence-electron chi connectivity index (χ2n) is 4.28. The molecule has 0 saturated carbocycles. The quantitative estimate of drug-likeness (QED) is 0.836. The van der Waals surface area contributed by atoms with Gasteiger partial charge in [-0.25, -0.2) is 0 Å². The number of halogens is 2. The Hall–Kier alpha value is -1.39. The molecule has 102 valence electrons. The zero-order valence-corrected chi connectivity index (χ0v) is 12.2. The second-order valence-corrected chi connectivity index (χ2v) is 5.10. The van der Waals surface area contributed by atoms with E-state index >= 15 is 0 Å². The van der Waals surface area contributed by atoms with Crippen LogP contribution in [0.4, 0.5) is 5.69 Å². The van der Waals surface area contributed by atoms with E-state index in [1.54, 1.807) is 12.1 Å². The fourth-order valence-corrected chi connectivity index (χ4v) is 2.25. The molecule has 0 fully saturated rings. The number of hydrogen-bond acceptors (Lipinski definition) is 3. The van der Waals surface area contributed by atoms with Crippen molar-refractivity contribution in [2.75, 3.05) is 5.32 Å². The molecule has 1 aromatic carbocycles. The molecule has 2 aromatic rings. The van der Waals surface area contributed by atoms with Crippen molar-refractivity contribution in [3.8, 4) is 5.75 Å². The van der Waals surface area contributed by atoms with Gasteiger partial charge in [-0.3, -0.25) is 4.68 Å². The van der Waals surface area contributed by atoms with Crippen LogP contribution < -0.4 is 5.32 Å². The molecule has 1 heterocycles. The van der Waals surface area contributed by atoms with Crippen LogP contribution in [0.15, 0.2) is 24.5 Å². The molecule has 4 nitrogen and oxygen atoms in total. The predicted molar refractivity (Wildman–Crippen MR) is 78.1 cm³/mol. The standard InChI is InChI=1S/C13H15Cl2N3O/c1-3-18-7-9(6-16-18)8(2)17-10-4-11(14)13(19)12(15)5-10/h4-8,17,19H,3H2,1-2H3. The van der Waals surface area contributed by atoms with Gasteiger partial charge in [0.25, 0.3) is 0 Å². The Morgan fingerprint density at radius 1 is 1.37 bits per heavy atom. The molecule has 2 N–H and O–H groups in total. The number of nitrogens with one attached hydrogen (secondary N) is 1. The summed E-state index contributed by atoms with van der Waals surface area (Å²) in [4.78, 5) is 0. The van der Waals surface area contributed by atoms with Gasteiger partial charge in [0.15, 0.2) is 5.75 Å². The molecule has 0 amide bonds. The van der Waals surface area contributed by atoms with Gasteiger partial charge in [-0.05, 0) is 26.0 Å². The largest absolute Gasteiger partial charge is 0.505 e. The first kappa shape index (κ1) is 14.0. The summed E-state index contributed by atoms with van der Waals surface area (Å²) in [5.41, 5.74) is 1.83. The minimum absolute atomic E-state index is 0.0666. The van der Waals surface area contributed by atoms with Crippen LogP contribution in [-0.4, -0.2) is 14.9 Å². The average Bonchev–Trinajstić information content (AvgIpc) is 2.84. The lowest BCUT2D eigenvalue weighted by Crippen LogP contribution is -2.05. The van der Waals surface area contributed by atoms with Crippen molar-refractivity contribution in [3.63, 3.8) is 0 Å². The van der Waals surface area contributed by atoms with Crippen LogP contribution in [0.5, 0.6) is 5.75 Å². The summed E-state index contributed by atoms with van der Waals surface area (Å²) in [5.74, 6) is -0.0969. The van der Waals surface area contributed by atoms with Crippen LogP contribution in [0.3, 0.4) is 0 Å². The Morgan fingerprint density at radius 2 is 2.00 bits per heavy atom. The molecular formula is C13H15Cl2N3O. The molecule has 0 spiro atoms. The van der Waals surface area contributed by atoms with Crippen molar-refractivity contribution in [3.05, 3.63) is 40.1 Å². The van der Waals surface area contributed by atoms with Gasteiger partial charge in [-0.1, -0.05) is 23.2 Å². The molecule has 1 aromatic heterocycles. The Kier molecular flexibility index (Phi) is 4.22. The van der Waals surface area contributed by atoms with Crippen molar-refractivity contribution in [2.45, 2.75) is 26.4 Å². The SMILES string of the molecule is CCn1cc(C(C)Nc2cc(Cl)c(O)c(Cl)c2)cn1. The van der Waals surface area contributed by atoms with Gasteiger partial charge in [0.1, 0.15) is 0 Å². The van der Waals surface area contributed by atoms with Gasteiger partial charge in [-0.2, -0.15) is 5.10 Å². The molecule has 0 bridgehead atoms. The Morgan fingerprint density at radius 3 is 2.53 bits per heavy atom. The summed E-state index contributed by atoms with van der Waals surface area (Å²) in [5, 5.41) is 17.5. The maximum Gasteiger partial charge on any atom is 0.152 e. The van der Waals surface area contributed by atoms with E-state index in [0.29, 0.717) is 0 Å². The van der Waals surface area contributed by atoms with E-state index in [2.05, 4.69) is 10.4 Å². The first-order valence-electron chi connectivity index (χ1n) is 5.98. The lowest BCUT2D eigenvalue weighted by molar-refractivity contribution is 0.476. The summed E-state index contributed by atoms with van der Waals surface area (Å²) in [6.45, 7) is 4.89. The van der Waals surface area contributed by atoms with E-state index in [9.17, 15) is 5.11 Å². The lowest BCUT2D eigenvalue weighted by Gasteiger charge is -2.14. The highest BCUT2D eigenvalue weighted by Gasteiger charge is 2.11. The topological polar surface area (TPSA) is 50.1 Å². The molecule has 19 heavy (non-hydrogen) atoms. The van der Waals surface area contributed by atoms with E-state index in [1.165, 1.54) is 0 Å². The molecule has 2 rings (SSSR count). The number of phenolic OH excluding ortho intramolecular Hbond substituents is 1. The van der Waals surface area contributed by atoms with Gasteiger partial charge in [0.05, 0.1) is 22.3 Å². The van der Waals surface area contributed by atoms with Gasteiger partial charge in [0, 0.05) is 24.0 Å². The van der Waals surface area contributed by atoms with Gasteiger partial charge in [-0.15, -0.1) is 0 Å². The normalized spacial score (nSPS) is 12.4. The van der Waals surface area contributed by atoms with Crippen molar-refractivity contribution in [2.24, 2.45) is 0 Å². The number of nitrogens with zero attached hydrogens (tertiary/aromatic N) is 2. The number of aromatic nitrogens is 2. The molecule has 1 atom stereocenters. The van der Waals surface area contributed by atoms with Gasteiger partial charge < -0.3 is 10.4 Å². The molecule has 0 aliphatic carbocycles. The van der Waals surface area contributed by atoms with Crippen LogP contribution in [0.1, 0.15) is 25.5 Å². The lowest BCUT2D eigenvalue weighted by atomic mass is 10.2. The summed E-state index contributed by atoms with van der Waals surface area (Å²) >= 11 is 11.8. The highest BCUT2D eigenvalue weighted by atomic mass is 35.5. The predicted octanol–water partition coefficient (Wildman–Crippen LogP) is 4.09. The highest BCUT2D eigenvalue weighted by Crippen LogP contribution is 2.35. The average molecular weight is 300 g/mol. The smallest absolute Gasteiger partial charge is 0.152 e. The molecule has 0 saturated heterocycles. The second kappa shape index (κ2) is 5.72. The van der Waals surface area contributed by atoms with E-state index in [-0.39, 0.29) is 21.8 Å². The van der Waals surface area contributed by atoms with Crippen LogP contribution in [0.2, 0.25) is 10.0 Å². The molecule has 0 aliphatic rings. The highest BCUT2D eigenvalue weighted by molar-refractivity contribution is 6.37. The van der Waals surface area contributed by atoms with Crippen molar-refractivity contribution < 1.29 is 5.11 Å². The maximum absolute atomic E-state index is 9.51. The number of aromatic hydroxyl groups is 1. The van der Waals surface area contributed by atoms with Crippen LogP contribution in [-0.2, 0) is 6.54 Å². The van der Waals surface area contributed by atoms with E-state index in [0.717, 1.165) is 17.8 Å². The summed E-state index contributed by atoms with van der Waals surface area (Å²) in [7, 11) is 0.